The first-order valence-electron chi connectivity index (χ1n) is 9.84. The van der Waals surface area contributed by atoms with Crippen LogP contribution in [0.2, 0.25) is 0 Å². The number of carbonyl (C=O) groups is 2. The number of ether oxygens (including phenoxy) is 1. The van der Waals surface area contributed by atoms with Crippen molar-refractivity contribution in [2.75, 3.05) is 33.8 Å². The second kappa shape index (κ2) is 11.7. The molecule has 3 atom stereocenters. The van der Waals surface area contributed by atoms with E-state index >= 15 is 0 Å². The number of carbonyl (C=O) groups excluding carboxylic acids is 2. The Hall–Kier alpha value is -2.03. The normalized spacial score (nSPS) is 22.1. The van der Waals surface area contributed by atoms with Crippen molar-refractivity contribution in [2.45, 2.75) is 50.4 Å². The van der Waals surface area contributed by atoms with Crippen molar-refractivity contribution in [3.05, 3.63) is 30.1 Å². The van der Waals surface area contributed by atoms with E-state index in [9.17, 15) is 14.7 Å². The molecular formula is C20H32N4O4. The maximum Gasteiger partial charge on any atom is 0.224 e. The highest BCUT2D eigenvalue weighted by Crippen LogP contribution is 2.22. The number of amides is 2. The molecule has 2 amide bonds. The zero-order chi connectivity index (χ0) is 20.4. The van der Waals surface area contributed by atoms with E-state index in [0.29, 0.717) is 19.4 Å². The van der Waals surface area contributed by atoms with Crippen molar-refractivity contribution in [2.24, 2.45) is 0 Å². The van der Waals surface area contributed by atoms with Gasteiger partial charge in [-0.15, -0.1) is 0 Å². The molecule has 8 nitrogen and oxygen atoms in total. The van der Waals surface area contributed by atoms with Gasteiger partial charge in [0.05, 0.1) is 31.6 Å². The summed E-state index contributed by atoms with van der Waals surface area (Å²) in [5.74, 6) is -0.170. The predicted molar refractivity (Wildman–Crippen MR) is 106 cm³/mol. The van der Waals surface area contributed by atoms with Crippen LogP contribution in [0.25, 0.3) is 0 Å². The average Bonchev–Trinajstić information content (AvgIpc) is 2.67. The largest absolute Gasteiger partial charge is 0.394 e. The van der Waals surface area contributed by atoms with Crippen molar-refractivity contribution in [3.8, 4) is 0 Å². The predicted octanol–water partition coefficient (Wildman–Crippen LogP) is 0.107. The fraction of sp³-hybridized carbons (Fsp3) is 0.650. The average molecular weight is 393 g/mol. The summed E-state index contributed by atoms with van der Waals surface area (Å²) in [6.45, 7) is 1.37. The molecule has 1 aromatic rings. The molecule has 1 aromatic heterocycles. The number of hydrogen-bond acceptors (Lipinski definition) is 6. The number of hydrogen-bond donors (Lipinski definition) is 3. The maximum absolute atomic E-state index is 12.3. The summed E-state index contributed by atoms with van der Waals surface area (Å²) in [5, 5.41) is 15.5. The highest BCUT2D eigenvalue weighted by Gasteiger charge is 2.32. The highest BCUT2D eigenvalue weighted by atomic mass is 16.5. The lowest BCUT2D eigenvalue weighted by molar-refractivity contribution is -0.135. The summed E-state index contributed by atoms with van der Waals surface area (Å²) in [6.07, 6.45) is 5.33. The van der Waals surface area contributed by atoms with Crippen LogP contribution >= 0.6 is 0 Å². The lowest BCUT2D eigenvalue weighted by Gasteiger charge is -2.36. The lowest BCUT2D eigenvalue weighted by atomic mass is 9.96. The van der Waals surface area contributed by atoms with Gasteiger partial charge in [-0.05, 0) is 51.5 Å². The lowest BCUT2D eigenvalue weighted by Crippen LogP contribution is -2.51. The highest BCUT2D eigenvalue weighted by molar-refractivity contribution is 5.79. The van der Waals surface area contributed by atoms with Crippen LogP contribution in [0.15, 0.2) is 24.5 Å². The number of pyridine rings is 1. The van der Waals surface area contributed by atoms with Gasteiger partial charge in [0.1, 0.15) is 6.10 Å². The molecule has 8 heteroatoms. The van der Waals surface area contributed by atoms with Crippen LogP contribution in [0, 0.1) is 0 Å². The number of aromatic nitrogens is 1. The molecule has 1 saturated heterocycles. The minimum absolute atomic E-state index is 0.0421. The van der Waals surface area contributed by atoms with E-state index in [2.05, 4.69) is 20.5 Å². The van der Waals surface area contributed by atoms with E-state index in [1.54, 1.807) is 18.5 Å². The van der Waals surface area contributed by atoms with Crippen LogP contribution in [-0.4, -0.2) is 78.8 Å². The van der Waals surface area contributed by atoms with E-state index in [-0.39, 0.29) is 43.4 Å². The van der Waals surface area contributed by atoms with Gasteiger partial charge in [-0.2, -0.15) is 0 Å². The van der Waals surface area contributed by atoms with Crippen LogP contribution in [0.3, 0.4) is 0 Å². The van der Waals surface area contributed by atoms with E-state index < -0.39 is 6.10 Å². The van der Waals surface area contributed by atoms with Gasteiger partial charge in [0.15, 0.2) is 0 Å². The smallest absolute Gasteiger partial charge is 0.224 e. The Morgan fingerprint density at radius 3 is 2.82 bits per heavy atom. The third kappa shape index (κ3) is 7.92. The van der Waals surface area contributed by atoms with Crippen molar-refractivity contribution in [3.63, 3.8) is 0 Å². The third-order valence-electron chi connectivity index (χ3n) is 4.75. The van der Waals surface area contributed by atoms with E-state index in [1.165, 1.54) is 0 Å². The van der Waals surface area contributed by atoms with Crippen molar-refractivity contribution >= 4 is 11.8 Å². The minimum Gasteiger partial charge on any atom is -0.394 e. The van der Waals surface area contributed by atoms with E-state index in [0.717, 1.165) is 18.5 Å². The summed E-state index contributed by atoms with van der Waals surface area (Å²) >= 11 is 0. The molecular weight excluding hydrogens is 360 g/mol. The molecule has 1 aliphatic rings. The summed E-state index contributed by atoms with van der Waals surface area (Å²) < 4.78 is 5.87. The van der Waals surface area contributed by atoms with Crippen LogP contribution in [0.4, 0.5) is 0 Å². The summed E-state index contributed by atoms with van der Waals surface area (Å²) in [4.78, 5) is 30.4. The van der Waals surface area contributed by atoms with Gasteiger partial charge in [0, 0.05) is 18.9 Å². The molecule has 0 saturated carbocycles. The number of nitrogens with zero attached hydrogens (tertiary/aromatic N) is 2. The molecule has 2 rings (SSSR count). The first-order chi connectivity index (χ1) is 13.5. The summed E-state index contributed by atoms with van der Waals surface area (Å²) in [5.41, 5.74) is 0.834. The van der Waals surface area contributed by atoms with Crippen molar-refractivity contribution < 1.29 is 19.4 Å². The zero-order valence-electron chi connectivity index (χ0n) is 16.8. The SMILES string of the molecule is CN(C)CCCNC(=O)C[C@@H]1CC[C@H](NC(=O)Cc2cccnc2)[C@H](CO)O1. The van der Waals surface area contributed by atoms with Gasteiger partial charge in [-0.25, -0.2) is 0 Å². The fourth-order valence-electron chi connectivity index (χ4n) is 3.29. The molecule has 0 aliphatic carbocycles. The number of nitrogens with one attached hydrogen (secondary N) is 2. The molecule has 0 spiro atoms. The van der Waals surface area contributed by atoms with Crippen molar-refractivity contribution in [1.82, 2.24) is 20.5 Å². The molecule has 3 N–H and O–H groups in total. The Bertz CT molecular complexity index is 611. The van der Waals surface area contributed by atoms with Gasteiger partial charge in [0.25, 0.3) is 0 Å². The summed E-state index contributed by atoms with van der Waals surface area (Å²) in [6, 6.07) is 3.38. The van der Waals surface area contributed by atoms with Crippen LogP contribution < -0.4 is 10.6 Å². The molecule has 2 heterocycles. The molecule has 1 aliphatic heterocycles. The quantitative estimate of drug-likeness (QED) is 0.488. The molecule has 0 radical (unpaired) electrons. The van der Waals surface area contributed by atoms with Crippen LogP contribution in [0.5, 0.6) is 0 Å². The minimum atomic E-state index is -0.502. The molecule has 1 fully saturated rings. The first-order valence-corrected chi connectivity index (χ1v) is 9.84. The number of rotatable bonds is 10. The summed E-state index contributed by atoms with van der Waals surface area (Å²) in [7, 11) is 4.00. The topological polar surface area (TPSA) is 104 Å². The van der Waals surface area contributed by atoms with Gasteiger partial charge < -0.3 is 25.4 Å². The van der Waals surface area contributed by atoms with Gasteiger partial charge in [0.2, 0.25) is 11.8 Å². The zero-order valence-corrected chi connectivity index (χ0v) is 16.8. The fourth-order valence-corrected chi connectivity index (χ4v) is 3.29. The second-order valence-corrected chi connectivity index (χ2v) is 7.48. The van der Waals surface area contributed by atoms with Crippen LogP contribution in [-0.2, 0) is 20.7 Å². The Morgan fingerprint density at radius 2 is 2.14 bits per heavy atom. The molecule has 0 unspecified atom stereocenters. The standard InChI is InChI=1S/C20H32N4O4/c1-24(2)10-4-9-22-19(26)12-16-6-7-17(18(14-25)28-16)23-20(27)11-15-5-3-8-21-13-15/h3,5,8,13,16-18,25H,4,6-7,9-12,14H2,1-2H3,(H,22,26)(H,23,27)/t16-,17-,18-/m0/s1. The number of aliphatic hydroxyl groups excluding tert-OH is 1. The molecule has 0 bridgehead atoms. The van der Waals surface area contributed by atoms with Gasteiger partial charge in [-0.1, -0.05) is 6.07 Å². The van der Waals surface area contributed by atoms with Gasteiger partial charge in [-0.3, -0.25) is 14.6 Å². The second-order valence-electron chi connectivity index (χ2n) is 7.48. The van der Waals surface area contributed by atoms with Gasteiger partial charge >= 0.3 is 0 Å². The molecule has 0 aromatic carbocycles. The Labute approximate surface area is 166 Å². The van der Waals surface area contributed by atoms with Crippen molar-refractivity contribution in [1.29, 1.82) is 0 Å². The monoisotopic (exact) mass is 392 g/mol. The van der Waals surface area contributed by atoms with Crippen LogP contribution in [0.1, 0.15) is 31.2 Å². The first kappa shape index (κ1) is 22.3. The van der Waals surface area contributed by atoms with E-state index in [1.807, 2.05) is 20.2 Å². The molecule has 156 valence electrons. The Kier molecular flexibility index (Phi) is 9.33. The Balaban J connectivity index is 1.73. The number of aliphatic hydroxyl groups is 1. The molecule has 28 heavy (non-hydrogen) atoms. The van der Waals surface area contributed by atoms with E-state index in [4.69, 9.17) is 4.74 Å². The maximum atomic E-state index is 12.3. The Morgan fingerprint density at radius 1 is 1.32 bits per heavy atom. The third-order valence-corrected chi connectivity index (χ3v) is 4.75.